The van der Waals surface area contributed by atoms with Crippen LogP contribution in [-0.4, -0.2) is 35.4 Å². The van der Waals surface area contributed by atoms with Crippen molar-refractivity contribution in [2.24, 2.45) is 0 Å². The van der Waals surface area contributed by atoms with E-state index in [9.17, 15) is 4.79 Å². The Morgan fingerprint density at radius 2 is 2.17 bits per heavy atom. The number of rotatable bonds is 4. The Balaban J connectivity index is 1.77. The number of hydrogen-bond donors (Lipinski definition) is 2. The highest BCUT2D eigenvalue weighted by Crippen LogP contribution is 2.12. The first-order valence-electron chi connectivity index (χ1n) is 6.41. The number of carbonyl (C=O) groups excluding carboxylic acids is 1. The molecular weight excluding hydrogens is 228 g/mol. The van der Waals surface area contributed by atoms with Gasteiger partial charge >= 0.3 is 0 Å². The molecule has 0 spiro atoms. The van der Waals surface area contributed by atoms with Gasteiger partial charge in [0.25, 0.3) is 0 Å². The molecule has 1 aromatic heterocycles. The Morgan fingerprint density at radius 1 is 1.44 bits per heavy atom. The van der Waals surface area contributed by atoms with E-state index in [1.54, 1.807) is 0 Å². The van der Waals surface area contributed by atoms with Crippen LogP contribution in [0.4, 0.5) is 11.5 Å². The Bertz CT molecular complexity index is 427. The van der Waals surface area contributed by atoms with Crippen LogP contribution in [0.2, 0.25) is 0 Å². The Hall–Kier alpha value is -1.78. The summed E-state index contributed by atoms with van der Waals surface area (Å²) in [7, 11) is 0. The lowest BCUT2D eigenvalue weighted by atomic mass is 10.3. The first-order valence-corrected chi connectivity index (χ1v) is 6.41. The average molecular weight is 248 g/mol. The maximum atomic E-state index is 11.8. The molecule has 1 aromatic rings. The number of nitrogens with two attached hydrogens (primary N) is 1. The third-order valence-electron chi connectivity index (χ3n) is 3.23. The summed E-state index contributed by atoms with van der Waals surface area (Å²) in [5.41, 5.74) is 7.20. The quantitative estimate of drug-likeness (QED) is 0.845. The second-order valence-corrected chi connectivity index (χ2v) is 4.64. The number of nitrogens with zero attached hydrogens (tertiary/aromatic N) is 2. The van der Waals surface area contributed by atoms with Crippen molar-refractivity contribution in [1.82, 2.24) is 9.88 Å². The molecule has 1 fully saturated rings. The molecule has 0 radical (unpaired) electrons. The molecule has 0 atom stereocenters. The standard InChI is InChI=1S/C13H20N4O/c1-10-11(14)4-5-12(16-10)15-7-6-13(18)17-8-2-3-9-17/h4-5H,2-3,6-9,14H2,1H3,(H,15,16). The van der Waals surface area contributed by atoms with Crippen LogP contribution >= 0.6 is 0 Å². The number of likely N-dealkylation sites (tertiary alicyclic amines) is 1. The third-order valence-corrected chi connectivity index (χ3v) is 3.23. The Kier molecular flexibility index (Phi) is 4.02. The first kappa shape index (κ1) is 12.7. The summed E-state index contributed by atoms with van der Waals surface area (Å²) < 4.78 is 0. The molecule has 0 aliphatic carbocycles. The molecule has 0 bridgehead atoms. The van der Waals surface area contributed by atoms with Gasteiger partial charge in [0.05, 0.1) is 11.4 Å². The van der Waals surface area contributed by atoms with E-state index in [1.807, 2.05) is 24.0 Å². The fourth-order valence-corrected chi connectivity index (χ4v) is 2.09. The number of anilines is 2. The SMILES string of the molecule is Cc1nc(NCCC(=O)N2CCCC2)ccc1N. The Labute approximate surface area is 107 Å². The van der Waals surface area contributed by atoms with Gasteiger partial charge in [-0.3, -0.25) is 4.79 Å². The van der Waals surface area contributed by atoms with Gasteiger partial charge in [-0.25, -0.2) is 4.98 Å². The maximum absolute atomic E-state index is 11.8. The van der Waals surface area contributed by atoms with E-state index in [0.717, 1.165) is 37.4 Å². The first-order chi connectivity index (χ1) is 8.66. The summed E-state index contributed by atoms with van der Waals surface area (Å²) >= 11 is 0. The monoisotopic (exact) mass is 248 g/mol. The van der Waals surface area contributed by atoms with Gasteiger partial charge in [0.2, 0.25) is 5.91 Å². The minimum absolute atomic E-state index is 0.229. The largest absolute Gasteiger partial charge is 0.397 e. The summed E-state index contributed by atoms with van der Waals surface area (Å²) in [6.45, 7) is 4.32. The van der Waals surface area contributed by atoms with E-state index in [-0.39, 0.29) is 5.91 Å². The summed E-state index contributed by atoms with van der Waals surface area (Å²) in [6.07, 6.45) is 2.79. The minimum atomic E-state index is 0.229. The molecule has 18 heavy (non-hydrogen) atoms. The van der Waals surface area contributed by atoms with E-state index < -0.39 is 0 Å². The number of pyridine rings is 1. The van der Waals surface area contributed by atoms with Crippen LogP contribution < -0.4 is 11.1 Å². The highest BCUT2D eigenvalue weighted by molar-refractivity contribution is 5.76. The van der Waals surface area contributed by atoms with Crippen molar-refractivity contribution < 1.29 is 4.79 Å². The van der Waals surface area contributed by atoms with Gasteiger partial charge < -0.3 is 16.0 Å². The van der Waals surface area contributed by atoms with Crippen LogP contribution in [0.25, 0.3) is 0 Å². The molecule has 3 N–H and O–H groups in total. The highest BCUT2D eigenvalue weighted by atomic mass is 16.2. The molecule has 0 aromatic carbocycles. The minimum Gasteiger partial charge on any atom is -0.397 e. The normalized spacial score (nSPS) is 14.8. The topological polar surface area (TPSA) is 71.2 Å². The van der Waals surface area contributed by atoms with Crippen molar-refractivity contribution in [1.29, 1.82) is 0 Å². The molecule has 5 nitrogen and oxygen atoms in total. The lowest BCUT2D eigenvalue weighted by molar-refractivity contribution is -0.129. The van der Waals surface area contributed by atoms with Gasteiger partial charge in [-0.2, -0.15) is 0 Å². The van der Waals surface area contributed by atoms with Crippen LogP contribution in [0.5, 0.6) is 0 Å². The molecular formula is C13H20N4O. The fourth-order valence-electron chi connectivity index (χ4n) is 2.09. The van der Waals surface area contributed by atoms with Gasteiger partial charge in [0.15, 0.2) is 0 Å². The molecule has 1 saturated heterocycles. The van der Waals surface area contributed by atoms with Crippen molar-refractivity contribution in [3.8, 4) is 0 Å². The smallest absolute Gasteiger partial charge is 0.224 e. The Morgan fingerprint density at radius 3 is 2.83 bits per heavy atom. The number of aromatic nitrogens is 1. The molecule has 0 unspecified atom stereocenters. The van der Waals surface area contributed by atoms with E-state index in [2.05, 4.69) is 10.3 Å². The van der Waals surface area contributed by atoms with Gasteiger partial charge in [0.1, 0.15) is 5.82 Å². The van der Waals surface area contributed by atoms with E-state index in [1.165, 1.54) is 0 Å². The molecule has 1 amide bonds. The second kappa shape index (κ2) is 5.71. The van der Waals surface area contributed by atoms with Crippen molar-refractivity contribution in [3.63, 3.8) is 0 Å². The lowest BCUT2D eigenvalue weighted by Crippen LogP contribution is -2.29. The number of amides is 1. The van der Waals surface area contributed by atoms with Crippen LogP contribution in [0.15, 0.2) is 12.1 Å². The predicted molar refractivity (Wildman–Crippen MR) is 72.3 cm³/mol. The van der Waals surface area contributed by atoms with E-state index in [0.29, 0.717) is 18.7 Å². The van der Waals surface area contributed by atoms with Gasteiger partial charge in [-0.1, -0.05) is 0 Å². The van der Waals surface area contributed by atoms with Crippen LogP contribution in [0, 0.1) is 6.92 Å². The van der Waals surface area contributed by atoms with E-state index in [4.69, 9.17) is 5.73 Å². The molecule has 0 saturated carbocycles. The maximum Gasteiger partial charge on any atom is 0.224 e. The van der Waals surface area contributed by atoms with Gasteiger partial charge in [0, 0.05) is 26.1 Å². The van der Waals surface area contributed by atoms with Crippen molar-refractivity contribution in [2.75, 3.05) is 30.7 Å². The average Bonchev–Trinajstić information content (AvgIpc) is 2.87. The van der Waals surface area contributed by atoms with Crippen LogP contribution in [0.3, 0.4) is 0 Å². The molecule has 1 aliphatic rings. The molecule has 2 rings (SSSR count). The van der Waals surface area contributed by atoms with Crippen LogP contribution in [-0.2, 0) is 4.79 Å². The van der Waals surface area contributed by atoms with Crippen molar-refractivity contribution in [3.05, 3.63) is 17.8 Å². The van der Waals surface area contributed by atoms with Crippen LogP contribution in [0.1, 0.15) is 25.0 Å². The summed E-state index contributed by atoms with van der Waals surface area (Å²) in [4.78, 5) is 18.0. The highest BCUT2D eigenvalue weighted by Gasteiger charge is 2.16. The second-order valence-electron chi connectivity index (χ2n) is 4.64. The number of nitrogens with one attached hydrogen (secondary N) is 1. The molecule has 5 heteroatoms. The molecule has 1 aliphatic heterocycles. The number of nitrogen functional groups attached to an aromatic ring is 1. The predicted octanol–water partition coefficient (Wildman–Crippen LogP) is 1.40. The summed E-state index contributed by atoms with van der Waals surface area (Å²) in [6, 6.07) is 3.66. The zero-order chi connectivity index (χ0) is 13.0. The summed E-state index contributed by atoms with van der Waals surface area (Å²) in [5.74, 6) is 1.00. The zero-order valence-electron chi connectivity index (χ0n) is 10.8. The number of aryl methyl sites for hydroxylation is 1. The third kappa shape index (κ3) is 3.12. The number of hydrogen-bond acceptors (Lipinski definition) is 4. The molecule has 2 heterocycles. The van der Waals surface area contributed by atoms with Crippen molar-refractivity contribution >= 4 is 17.4 Å². The zero-order valence-corrected chi connectivity index (χ0v) is 10.8. The number of carbonyl (C=O) groups is 1. The van der Waals surface area contributed by atoms with Gasteiger partial charge in [-0.15, -0.1) is 0 Å². The van der Waals surface area contributed by atoms with Crippen molar-refractivity contribution in [2.45, 2.75) is 26.2 Å². The van der Waals surface area contributed by atoms with Gasteiger partial charge in [-0.05, 0) is 31.9 Å². The molecule has 98 valence electrons. The lowest BCUT2D eigenvalue weighted by Gasteiger charge is -2.15. The fraction of sp³-hybridized carbons (Fsp3) is 0.538. The summed E-state index contributed by atoms with van der Waals surface area (Å²) in [5, 5.41) is 3.15. The van der Waals surface area contributed by atoms with E-state index >= 15 is 0 Å².